The summed E-state index contributed by atoms with van der Waals surface area (Å²) in [5.41, 5.74) is 0. The van der Waals surface area contributed by atoms with Gasteiger partial charge in [0.25, 0.3) is 10.0 Å². The number of piperidine rings is 1. The zero-order chi connectivity index (χ0) is 12.3. The van der Waals surface area contributed by atoms with E-state index in [-0.39, 0.29) is 4.21 Å². The molecule has 0 unspecified atom stereocenters. The molecule has 0 aromatic carbocycles. The van der Waals surface area contributed by atoms with Gasteiger partial charge in [-0.25, -0.2) is 13.4 Å². The topological polar surface area (TPSA) is 73.2 Å². The maximum absolute atomic E-state index is 12.0. The zero-order valence-electron chi connectivity index (χ0n) is 9.22. The molecule has 0 saturated carbocycles. The highest BCUT2D eigenvalue weighted by molar-refractivity contribution is 7.91. The zero-order valence-corrected chi connectivity index (χ0v) is 10.9. The predicted octanol–water partition coefficient (Wildman–Crippen LogP) is 1.30. The molecule has 1 aromatic rings. The van der Waals surface area contributed by atoms with E-state index in [1.165, 1.54) is 12.1 Å². The molecule has 0 radical (unpaired) electrons. The highest BCUT2D eigenvalue weighted by Crippen LogP contribution is 2.21. The second kappa shape index (κ2) is 5.14. The van der Waals surface area contributed by atoms with Gasteiger partial charge in [0.1, 0.15) is 15.2 Å². The molecule has 0 bridgehead atoms. The molecule has 1 saturated heterocycles. The van der Waals surface area contributed by atoms with Crippen molar-refractivity contribution in [3.05, 3.63) is 17.0 Å². The predicted molar refractivity (Wildman–Crippen MR) is 64.8 cm³/mol. The Morgan fingerprint density at radius 2 is 2.00 bits per heavy atom. The van der Waals surface area contributed by atoms with Crippen LogP contribution in [0, 0.1) is 11.3 Å². The maximum Gasteiger partial charge on any atom is 0.262 e. The van der Waals surface area contributed by atoms with E-state index in [9.17, 15) is 8.42 Å². The Labute approximate surface area is 105 Å². The number of nitrogens with one attached hydrogen (secondary N) is 1. The number of hydrogen-bond acceptors (Lipinski definition) is 5. The van der Waals surface area contributed by atoms with E-state index in [0.717, 1.165) is 43.7 Å². The second-order valence-corrected chi connectivity index (χ2v) is 6.84. The molecule has 0 aliphatic carbocycles. The summed E-state index contributed by atoms with van der Waals surface area (Å²) in [6, 6.07) is 4.93. The summed E-state index contributed by atoms with van der Waals surface area (Å²) in [6.45, 7) is 1.49. The lowest BCUT2D eigenvalue weighted by atomic mass is 10.2. The summed E-state index contributed by atoms with van der Waals surface area (Å²) < 4.78 is 24.1. The van der Waals surface area contributed by atoms with Crippen LogP contribution >= 0.6 is 11.3 Å². The van der Waals surface area contributed by atoms with Gasteiger partial charge in [0, 0.05) is 13.1 Å². The fourth-order valence-electron chi connectivity index (χ4n) is 1.72. The minimum Gasteiger partial charge on any atom is -0.230 e. The lowest BCUT2D eigenvalue weighted by Crippen LogP contribution is -2.44. The van der Waals surface area contributed by atoms with Gasteiger partial charge >= 0.3 is 0 Å². The van der Waals surface area contributed by atoms with E-state index in [2.05, 4.69) is 4.83 Å². The number of rotatable bonds is 3. The molecule has 1 N–H and O–H groups in total. The van der Waals surface area contributed by atoms with Gasteiger partial charge in [0.15, 0.2) is 0 Å². The molecule has 17 heavy (non-hydrogen) atoms. The molecule has 7 heteroatoms. The van der Waals surface area contributed by atoms with Gasteiger partial charge in [-0.2, -0.15) is 5.26 Å². The van der Waals surface area contributed by atoms with Crippen molar-refractivity contribution in [3.8, 4) is 6.07 Å². The third-order valence-electron chi connectivity index (χ3n) is 2.56. The molecule has 92 valence electrons. The van der Waals surface area contributed by atoms with Crippen molar-refractivity contribution in [1.82, 2.24) is 9.84 Å². The van der Waals surface area contributed by atoms with Gasteiger partial charge in [0.2, 0.25) is 0 Å². The Morgan fingerprint density at radius 1 is 1.29 bits per heavy atom. The second-order valence-electron chi connectivity index (χ2n) is 3.87. The van der Waals surface area contributed by atoms with Crippen LogP contribution in [0.15, 0.2) is 16.3 Å². The van der Waals surface area contributed by atoms with Crippen molar-refractivity contribution in [2.75, 3.05) is 13.1 Å². The first-order valence-corrected chi connectivity index (χ1v) is 7.69. The van der Waals surface area contributed by atoms with Crippen LogP contribution in [0.4, 0.5) is 0 Å². The van der Waals surface area contributed by atoms with E-state index in [1.807, 2.05) is 6.07 Å². The molecule has 1 aliphatic rings. The first kappa shape index (κ1) is 12.5. The maximum atomic E-state index is 12.0. The Morgan fingerprint density at radius 3 is 2.59 bits per heavy atom. The number of nitriles is 1. The molecular weight excluding hydrogens is 258 g/mol. The monoisotopic (exact) mass is 271 g/mol. The van der Waals surface area contributed by atoms with Crippen LogP contribution in [0.2, 0.25) is 0 Å². The first-order chi connectivity index (χ1) is 8.12. The quantitative estimate of drug-likeness (QED) is 0.899. The van der Waals surface area contributed by atoms with Gasteiger partial charge < -0.3 is 0 Å². The van der Waals surface area contributed by atoms with Crippen molar-refractivity contribution in [3.63, 3.8) is 0 Å². The van der Waals surface area contributed by atoms with E-state index < -0.39 is 10.0 Å². The number of thiophene rings is 1. The SMILES string of the molecule is N#Cc1ccc(S(=O)(=O)NN2CCCCC2)s1. The Kier molecular flexibility index (Phi) is 3.79. The number of hydrogen-bond donors (Lipinski definition) is 1. The molecule has 1 fully saturated rings. The van der Waals surface area contributed by atoms with Gasteiger partial charge in [-0.3, -0.25) is 0 Å². The smallest absolute Gasteiger partial charge is 0.230 e. The van der Waals surface area contributed by atoms with E-state index in [0.29, 0.717) is 4.88 Å². The summed E-state index contributed by atoms with van der Waals surface area (Å²) in [5.74, 6) is 0. The average Bonchev–Trinajstić information content (AvgIpc) is 2.79. The fourth-order valence-corrected chi connectivity index (χ4v) is 3.94. The van der Waals surface area contributed by atoms with Crippen LogP contribution in [0.1, 0.15) is 24.1 Å². The number of nitrogens with zero attached hydrogens (tertiary/aromatic N) is 2. The van der Waals surface area contributed by atoms with Crippen molar-refractivity contribution in [2.24, 2.45) is 0 Å². The Hall–Kier alpha value is -0.940. The summed E-state index contributed by atoms with van der Waals surface area (Å²) in [7, 11) is -3.51. The molecule has 2 heterocycles. The summed E-state index contributed by atoms with van der Waals surface area (Å²) >= 11 is 0.990. The van der Waals surface area contributed by atoms with Crippen LogP contribution < -0.4 is 4.83 Å². The van der Waals surface area contributed by atoms with E-state index in [1.54, 1.807) is 5.01 Å². The van der Waals surface area contributed by atoms with E-state index in [4.69, 9.17) is 5.26 Å². The summed E-state index contributed by atoms with van der Waals surface area (Å²) in [5, 5.41) is 10.4. The van der Waals surface area contributed by atoms with Crippen LogP contribution in [-0.2, 0) is 10.0 Å². The Balaban J connectivity index is 2.10. The lowest BCUT2D eigenvalue weighted by molar-refractivity contribution is 0.200. The van der Waals surface area contributed by atoms with Crippen molar-refractivity contribution < 1.29 is 8.42 Å². The minimum absolute atomic E-state index is 0.194. The largest absolute Gasteiger partial charge is 0.262 e. The van der Waals surface area contributed by atoms with Gasteiger partial charge in [-0.15, -0.1) is 16.2 Å². The minimum atomic E-state index is -3.51. The van der Waals surface area contributed by atoms with Crippen LogP contribution in [0.5, 0.6) is 0 Å². The van der Waals surface area contributed by atoms with Gasteiger partial charge in [-0.05, 0) is 25.0 Å². The molecule has 2 rings (SSSR count). The summed E-state index contributed by atoms with van der Waals surface area (Å²) in [6.07, 6.45) is 3.17. The number of hydrazine groups is 1. The summed E-state index contributed by atoms with van der Waals surface area (Å²) in [4.78, 5) is 2.96. The van der Waals surface area contributed by atoms with Gasteiger partial charge in [0.05, 0.1) is 0 Å². The standard InChI is InChI=1S/C10H13N3O2S2/c11-8-9-4-5-10(16-9)17(14,15)12-13-6-2-1-3-7-13/h4-5,12H,1-3,6-7H2. The normalized spacial score (nSPS) is 17.8. The molecule has 5 nitrogen and oxygen atoms in total. The molecule has 0 atom stereocenters. The van der Waals surface area contributed by atoms with Crippen molar-refractivity contribution in [2.45, 2.75) is 23.5 Å². The highest BCUT2D eigenvalue weighted by atomic mass is 32.2. The number of sulfonamides is 1. The lowest BCUT2D eigenvalue weighted by Gasteiger charge is -2.26. The molecular formula is C10H13N3O2S2. The van der Waals surface area contributed by atoms with E-state index >= 15 is 0 Å². The third kappa shape index (κ3) is 3.04. The molecule has 0 amide bonds. The average molecular weight is 271 g/mol. The third-order valence-corrected chi connectivity index (χ3v) is 5.42. The molecule has 1 aliphatic heterocycles. The van der Waals surface area contributed by atoms with Crippen molar-refractivity contribution in [1.29, 1.82) is 5.26 Å². The van der Waals surface area contributed by atoms with Crippen molar-refractivity contribution >= 4 is 21.4 Å². The first-order valence-electron chi connectivity index (χ1n) is 5.39. The van der Waals surface area contributed by atoms with Crippen LogP contribution in [-0.4, -0.2) is 26.5 Å². The van der Waals surface area contributed by atoms with Gasteiger partial charge in [-0.1, -0.05) is 6.42 Å². The fraction of sp³-hybridized carbons (Fsp3) is 0.500. The molecule has 1 aromatic heterocycles. The molecule has 0 spiro atoms. The van der Waals surface area contributed by atoms with Crippen LogP contribution in [0.25, 0.3) is 0 Å². The van der Waals surface area contributed by atoms with Crippen LogP contribution in [0.3, 0.4) is 0 Å². The Bertz CT molecular complexity index is 524. The highest BCUT2D eigenvalue weighted by Gasteiger charge is 2.21.